The summed E-state index contributed by atoms with van der Waals surface area (Å²) < 4.78 is 0. The molecule has 0 aliphatic heterocycles. The molecular formula is C19H21NO. The minimum Gasteiger partial charge on any atom is -0.349 e. The summed E-state index contributed by atoms with van der Waals surface area (Å²) in [6, 6.07) is 20.5. The SMILES string of the molecule is O=C(NC1CCC(c2ccccc2)CC1)c1ccccc1. The highest BCUT2D eigenvalue weighted by Gasteiger charge is 2.23. The molecule has 0 saturated heterocycles. The van der Waals surface area contributed by atoms with E-state index in [0.29, 0.717) is 12.0 Å². The molecule has 0 aromatic heterocycles. The van der Waals surface area contributed by atoms with Crippen LogP contribution in [0.15, 0.2) is 60.7 Å². The third kappa shape index (κ3) is 3.52. The molecule has 0 bridgehead atoms. The number of nitrogens with one attached hydrogen (secondary N) is 1. The van der Waals surface area contributed by atoms with Crippen molar-refractivity contribution in [2.24, 2.45) is 0 Å². The van der Waals surface area contributed by atoms with Gasteiger partial charge < -0.3 is 5.32 Å². The van der Waals surface area contributed by atoms with Gasteiger partial charge in [0.05, 0.1) is 0 Å². The fourth-order valence-corrected chi connectivity index (χ4v) is 3.15. The van der Waals surface area contributed by atoms with Crippen LogP contribution < -0.4 is 5.32 Å². The van der Waals surface area contributed by atoms with Crippen LogP contribution in [0.5, 0.6) is 0 Å². The van der Waals surface area contributed by atoms with Crippen molar-refractivity contribution < 1.29 is 4.79 Å². The van der Waals surface area contributed by atoms with Crippen molar-refractivity contribution in [3.8, 4) is 0 Å². The number of carbonyl (C=O) groups excluding carboxylic acids is 1. The minimum atomic E-state index is 0.0544. The quantitative estimate of drug-likeness (QED) is 0.898. The molecule has 1 saturated carbocycles. The molecule has 1 N–H and O–H groups in total. The Morgan fingerprint density at radius 3 is 2.00 bits per heavy atom. The first-order valence-corrected chi connectivity index (χ1v) is 7.74. The van der Waals surface area contributed by atoms with Gasteiger partial charge in [-0.15, -0.1) is 0 Å². The largest absolute Gasteiger partial charge is 0.349 e. The maximum atomic E-state index is 12.2. The van der Waals surface area contributed by atoms with Gasteiger partial charge in [0.2, 0.25) is 0 Å². The number of benzene rings is 2. The van der Waals surface area contributed by atoms with Crippen molar-refractivity contribution in [1.82, 2.24) is 5.32 Å². The molecular weight excluding hydrogens is 258 g/mol. The van der Waals surface area contributed by atoms with Crippen molar-refractivity contribution in [2.75, 3.05) is 0 Å². The Balaban J connectivity index is 1.53. The van der Waals surface area contributed by atoms with Crippen LogP contribution in [-0.4, -0.2) is 11.9 Å². The van der Waals surface area contributed by atoms with E-state index in [9.17, 15) is 4.79 Å². The molecule has 1 amide bonds. The monoisotopic (exact) mass is 279 g/mol. The van der Waals surface area contributed by atoms with Crippen LogP contribution in [0.3, 0.4) is 0 Å². The lowest BCUT2D eigenvalue weighted by molar-refractivity contribution is 0.0926. The van der Waals surface area contributed by atoms with Crippen LogP contribution in [0.25, 0.3) is 0 Å². The number of carbonyl (C=O) groups is 1. The first-order valence-electron chi connectivity index (χ1n) is 7.74. The third-order valence-electron chi connectivity index (χ3n) is 4.37. The fraction of sp³-hybridized carbons (Fsp3) is 0.316. The summed E-state index contributed by atoms with van der Waals surface area (Å²) in [7, 11) is 0. The van der Waals surface area contributed by atoms with Crippen LogP contribution in [0, 0.1) is 0 Å². The molecule has 0 radical (unpaired) electrons. The zero-order valence-corrected chi connectivity index (χ0v) is 12.2. The Kier molecular flexibility index (Phi) is 4.34. The molecule has 2 aromatic carbocycles. The molecule has 0 unspecified atom stereocenters. The van der Waals surface area contributed by atoms with Gasteiger partial charge in [-0.25, -0.2) is 0 Å². The Hall–Kier alpha value is -2.09. The predicted octanol–water partition coefficient (Wildman–Crippen LogP) is 4.14. The Morgan fingerprint density at radius 2 is 1.38 bits per heavy atom. The van der Waals surface area contributed by atoms with E-state index in [1.807, 2.05) is 30.3 Å². The number of amides is 1. The van der Waals surface area contributed by atoms with Gasteiger partial charge in [-0.3, -0.25) is 4.79 Å². The highest BCUT2D eigenvalue weighted by molar-refractivity contribution is 5.94. The fourth-order valence-electron chi connectivity index (χ4n) is 3.15. The minimum absolute atomic E-state index is 0.0544. The first kappa shape index (κ1) is 13.9. The highest BCUT2D eigenvalue weighted by atomic mass is 16.1. The maximum absolute atomic E-state index is 12.2. The van der Waals surface area contributed by atoms with Crippen molar-refractivity contribution in [1.29, 1.82) is 0 Å². The molecule has 2 heteroatoms. The van der Waals surface area contributed by atoms with E-state index in [-0.39, 0.29) is 5.91 Å². The second kappa shape index (κ2) is 6.57. The van der Waals surface area contributed by atoms with Crippen LogP contribution in [0.4, 0.5) is 0 Å². The summed E-state index contributed by atoms with van der Waals surface area (Å²) in [5.41, 5.74) is 2.19. The average Bonchev–Trinajstić information content (AvgIpc) is 2.57. The summed E-state index contributed by atoms with van der Waals surface area (Å²) in [6.07, 6.45) is 4.45. The van der Waals surface area contributed by atoms with Crippen molar-refractivity contribution in [2.45, 2.75) is 37.6 Å². The van der Waals surface area contributed by atoms with Gasteiger partial charge in [0.1, 0.15) is 0 Å². The zero-order valence-electron chi connectivity index (χ0n) is 12.2. The lowest BCUT2D eigenvalue weighted by Gasteiger charge is -2.29. The summed E-state index contributed by atoms with van der Waals surface area (Å²) in [6.45, 7) is 0. The van der Waals surface area contributed by atoms with Crippen molar-refractivity contribution in [3.63, 3.8) is 0 Å². The van der Waals surface area contributed by atoms with Crippen LogP contribution >= 0.6 is 0 Å². The molecule has 0 heterocycles. The molecule has 0 spiro atoms. The molecule has 1 aliphatic carbocycles. The number of rotatable bonds is 3. The molecule has 21 heavy (non-hydrogen) atoms. The lowest BCUT2D eigenvalue weighted by Crippen LogP contribution is -2.37. The maximum Gasteiger partial charge on any atom is 0.251 e. The van der Waals surface area contributed by atoms with E-state index in [0.717, 1.165) is 31.2 Å². The van der Waals surface area contributed by atoms with E-state index in [1.165, 1.54) is 5.56 Å². The molecule has 2 aromatic rings. The first-order chi connectivity index (χ1) is 10.3. The smallest absolute Gasteiger partial charge is 0.251 e. The molecule has 2 nitrogen and oxygen atoms in total. The van der Waals surface area contributed by atoms with Gasteiger partial charge in [-0.1, -0.05) is 48.5 Å². The predicted molar refractivity (Wildman–Crippen MR) is 85.3 cm³/mol. The Morgan fingerprint density at radius 1 is 0.810 bits per heavy atom. The lowest BCUT2D eigenvalue weighted by atomic mass is 9.82. The molecule has 0 atom stereocenters. The van der Waals surface area contributed by atoms with Crippen LogP contribution in [0.2, 0.25) is 0 Å². The van der Waals surface area contributed by atoms with Gasteiger partial charge in [0.15, 0.2) is 0 Å². The highest BCUT2D eigenvalue weighted by Crippen LogP contribution is 2.32. The van der Waals surface area contributed by atoms with E-state index in [2.05, 4.69) is 35.6 Å². The number of hydrogen-bond donors (Lipinski definition) is 1. The molecule has 1 fully saturated rings. The van der Waals surface area contributed by atoms with Gasteiger partial charge in [-0.2, -0.15) is 0 Å². The van der Waals surface area contributed by atoms with E-state index >= 15 is 0 Å². The normalized spacial score (nSPS) is 21.7. The van der Waals surface area contributed by atoms with Gasteiger partial charge >= 0.3 is 0 Å². The molecule has 108 valence electrons. The van der Waals surface area contributed by atoms with E-state index in [1.54, 1.807) is 0 Å². The van der Waals surface area contributed by atoms with Gasteiger partial charge in [0.25, 0.3) is 5.91 Å². The Labute approximate surface area is 126 Å². The second-order valence-electron chi connectivity index (χ2n) is 5.80. The topological polar surface area (TPSA) is 29.1 Å². The van der Waals surface area contributed by atoms with E-state index < -0.39 is 0 Å². The Bertz CT molecular complexity index is 571. The molecule has 3 rings (SSSR count). The third-order valence-corrected chi connectivity index (χ3v) is 4.37. The van der Waals surface area contributed by atoms with E-state index in [4.69, 9.17) is 0 Å². The van der Waals surface area contributed by atoms with Gasteiger partial charge in [-0.05, 0) is 49.3 Å². The van der Waals surface area contributed by atoms with Crippen LogP contribution in [0.1, 0.15) is 47.5 Å². The second-order valence-corrected chi connectivity index (χ2v) is 5.80. The summed E-state index contributed by atoms with van der Waals surface area (Å²) in [5.74, 6) is 0.704. The summed E-state index contributed by atoms with van der Waals surface area (Å²) in [4.78, 5) is 12.2. The molecule has 1 aliphatic rings. The number of hydrogen-bond acceptors (Lipinski definition) is 1. The summed E-state index contributed by atoms with van der Waals surface area (Å²) in [5, 5.41) is 3.17. The standard InChI is InChI=1S/C19H21NO/c21-19(17-9-5-2-6-10-17)20-18-13-11-16(12-14-18)15-7-3-1-4-8-15/h1-10,16,18H,11-14H2,(H,20,21). The van der Waals surface area contributed by atoms with Gasteiger partial charge in [0, 0.05) is 11.6 Å². The van der Waals surface area contributed by atoms with Crippen molar-refractivity contribution >= 4 is 5.91 Å². The summed E-state index contributed by atoms with van der Waals surface area (Å²) >= 11 is 0. The zero-order chi connectivity index (χ0) is 14.5. The van der Waals surface area contributed by atoms with Crippen LogP contribution in [-0.2, 0) is 0 Å². The van der Waals surface area contributed by atoms with Crippen molar-refractivity contribution in [3.05, 3.63) is 71.8 Å². The average molecular weight is 279 g/mol.